The van der Waals surface area contributed by atoms with Gasteiger partial charge in [0.1, 0.15) is 0 Å². The Morgan fingerprint density at radius 3 is 2.42 bits per heavy atom. The summed E-state index contributed by atoms with van der Waals surface area (Å²) in [4.78, 5) is 2.15. The van der Waals surface area contributed by atoms with Crippen molar-refractivity contribution in [3.63, 3.8) is 0 Å². The molecule has 1 nitrogen and oxygen atoms in total. The van der Waals surface area contributed by atoms with Crippen molar-refractivity contribution in [2.75, 3.05) is 14.1 Å². The molecule has 0 unspecified atom stereocenters. The fraction of sp³-hybridized carbons (Fsp3) is 0.333. The molecule has 0 saturated heterocycles. The summed E-state index contributed by atoms with van der Waals surface area (Å²) < 4.78 is 2.27. The Hall–Kier alpha value is 0.140. The van der Waals surface area contributed by atoms with Gasteiger partial charge in [0.25, 0.3) is 0 Å². The highest BCUT2D eigenvalue weighted by Gasteiger charge is 2.00. The minimum absolute atomic E-state index is 0.966. The molecule has 0 atom stereocenters. The van der Waals surface area contributed by atoms with E-state index in [1.54, 1.807) is 0 Å². The summed E-state index contributed by atoms with van der Waals surface area (Å²) in [5.41, 5.74) is 1.31. The van der Waals surface area contributed by atoms with Gasteiger partial charge in [-0.1, -0.05) is 37.9 Å². The van der Waals surface area contributed by atoms with Crippen LogP contribution in [0, 0.1) is 0 Å². The Balaban J connectivity index is 2.86. The molecule has 1 aromatic carbocycles. The standard InChI is InChI=1S/C9H11Br2N/c1-12(2)6-7-3-4-8(10)5-9(7)11/h3-5H,6H2,1-2H3. The van der Waals surface area contributed by atoms with Crippen LogP contribution in [0.4, 0.5) is 0 Å². The van der Waals surface area contributed by atoms with E-state index < -0.39 is 0 Å². The van der Waals surface area contributed by atoms with Crippen LogP contribution < -0.4 is 0 Å². The normalized spacial score (nSPS) is 10.8. The van der Waals surface area contributed by atoms with Crippen molar-refractivity contribution in [3.05, 3.63) is 32.7 Å². The van der Waals surface area contributed by atoms with Gasteiger partial charge in [-0.25, -0.2) is 0 Å². The van der Waals surface area contributed by atoms with Crippen molar-refractivity contribution in [2.24, 2.45) is 0 Å². The third-order valence-electron chi connectivity index (χ3n) is 1.50. The summed E-state index contributed by atoms with van der Waals surface area (Å²) in [5.74, 6) is 0. The molecule has 0 aliphatic rings. The number of rotatable bonds is 2. The lowest BCUT2D eigenvalue weighted by Crippen LogP contribution is -2.10. The van der Waals surface area contributed by atoms with E-state index in [-0.39, 0.29) is 0 Å². The van der Waals surface area contributed by atoms with Crippen LogP contribution in [0.5, 0.6) is 0 Å². The van der Waals surface area contributed by atoms with E-state index in [0.717, 1.165) is 15.5 Å². The predicted octanol–water partition coefficient (Wildman–Crippen LogP) is 3.27. The first kappa shape index (κ1) is 10.2. The number of benzene rings is 1. The second-order valence-corrected chi connectivity index (χ2v) is 4.74. The molecule has 0 radical (unpaired) electrons. The van der Waals surface area contributed by atoms with Gasteiger partial charge < -0.3 is 4.90 Å². The lowest BCUT2D eigenvalue weighted by molar-refractivity contribution is 0.401. The number of hydrogen-bond donors (Lipinski definition) is 0. The van der Waals surface area contributed by atoms with Crippen molar-refractivity contribution in [1.82, 2.24) is 4.90 Å². The van der Waals surface area contributed by atoms with Crippen LogP contribution in [-0.4, -0.2) is 19.0 Å². The molecule has 0 amide bonds. The number of halogens is 2. The molecule has 0 heterocycles. The van der Waals surface area contributed by atoms with E-state index >= 15 is 0 Å². The molecular formula is C9H11Br2N. The van der Waals surface area contributed by atoms with Crippen molar-refractivity contribution in [3.8, 4) is 0 Å². The fourth-order valence-corrected chi connectivity index (χ4v) is 2.16. The molecule has 0 N–H and O–H groups in total. The highest BCUT2D eigenvalue weighted by atomic mass is 79.9. The van der Waals surface area contributed by atoms with Gasteiger partial charge in [0.05, 0.1) is 0 Å². The summed E-state index contributed by atoms with van der Waals surface area (Å²) in [6.45, 7) is 0.966. The molecular weight excluding hydrogens is 282 g/mol. The maximum Gasteiger partial charge on any atom is 0.0238 e. The van der Waals surface area contributed by atoms with Crippen LogP contribution in [0.25, 0.3) is 0 Å². The number of nitrogens with zero attached hydrogens (tertiary/aromatic N) is 1. The Morgan fingerprint density at radius 2 is 1.92 bits per heavy atom. The maximum absolute atomic E-state index is 3.52. The lowest BCUT2D eigenvalue weighted by atomic mass is 10.2. The second kappa shape index (κ2) is 4.40. The molecule has 1 rings (SSSR count). The topological polar surface area (TPSA) is 3.24 Å². The van der Waals surface area contributed by atoms with E-state index in [1.807, 2.05) is 0 Å². The Morgan fingerprint density at radius 1 is 1.25 bits per heavy atom. The zero-order valence-electron chi connectivity index (χ0n) is 7.14. The summed E-state index contributed by atoms with van der Waals surface area (Å²) in [5, 5.41) is 0. The van der Waals surface area contributed by atoms with Gasteiger partial charge in [-0.2, -0.15) is 0 Å². The van der Waals surface area contributed by atoms with Gasteiger partial charge in [-0.15, -0.1) is 0 Å². The van der Waals surface area contributed by atoms with Crippen molar-refractivity contribution in [2.45, 2.75) is 6.54 Å². The van der Waals surface area contributed by atoms with E-state index in [0.29, 0.717) is 0 Å². The molecule has 0 saturated carbocycles. The van der Waals surface area contributed by atoms with Crippen molar-refractivity contribution in [1.29, 1.82) is 0 Å². The third-order valence-corrected chi connectivity index (χ3v) is 2.73. The molecule has 0 bridgehead atoms. The smallest absolute Gasteiger partial charge is 0.0238 e. The summed E-state index contributed by atoms with van der Waals surface area (Å²) >= 11 is 6.94. The predicted molar refractivity (Wildman–Crippen MR) is 59.2 cm³/mol. The Bertz CT molecular complexity index is 271. The Kier molecular flexibility index (Phi) is 3.75. The van der Waals surface area contributed by atoms with Gasteiger partial charge in [0, 0.05) is 15.5 Å². The summed E-state index contributed by atoms with van der Waals surface area (Å²) in [7, 11) is 4.13. The third kappa shape index (κ3) is 2.88. The largest absolute Gasteiger partial charge is 0.305 e. The van der Waals surface area contributed by atoms with Crippen LogP contribution in [0.15, 0.2) is 27.1 Å². The average molecular weight is 293 g/mol. The van der Waals surface area contributed by atoms with Crippen molar-refractivity contribution < 1.29 is 0 Å². The molecule has 0 fully saturated rings. The van der Waals surface area contributed by atoms with Gasteiger partial charge in [-0.3, -0.25) is 0 Å². The number of hydrogen-bond acceptors (Lipinski definition) is 1. The molecule has 66 valence electrons. The monoisotopic (exact) mass is 291 g/mol. The van der Waals surface area contributed by atoms with E-state index in [1.165, 1.54) is 5.56 Å². The van der Waals surface area contributed by atoms with Crippen LogP contribution >= 0.6 is 31.9 Å². The van der Waals surface area contributed by atoms with Crippen molar-refractivity contribution >= 4 is 31.9 Å². The molecule has 0 aliphatic carbocycles. The van der Waals surface area contributed by atoms with Crippen LogP contribution in [0.1, 0.15) is 5.56 Å². The van der Waals surface area contributed by atoms with Gasteiger partial charge in [-0.05, 0) is 31.8 Å². The molecule has 0 aliphatic heterocycles. The quantitative estimate of drug-likeness (QED) is 0.809. The molecule has 12 heavy (non-hydrogen) atoms. The zero-order chi connectivity index (χ0) is 9.14. The van der Waals surface area contributed by atoms with Crippen LogP contribution in [0.3, 0.4) is 0 Å². The first-order valence-electron chi connectivity index (χ1n) is 3.68. The average Bonchev–Trinajstić information content (AvgIpc) is 1.94. The SMILES string of the molecule is CN(C)Cc1ccc(Br)cc1Br. The highest BCUT2D eigenvalue weighted by molar-refractivity contribution is 9.11. The lowest BCUT2D eigenvalue weighted by Gasteiger charge is -2.11. The van der Waals surface area contributed by atoms with Gasteiger partial charge in [0.15, 0.2) is 0 Å². The molecule has 0 spiro atoms. The first-order valence-corrected chi connectivity index (χ1v) is 5.27. The van der Waals surface area contributed by atoms with Gasteiger partial charge >= 0.3 is 0 Å². The van der Waals surface area contributed by atoms with E-state index in [4.69, 9.17) is 0 Å². The summed E-state index contributed by atoms with van der Waals surface area (Å²) in [6.07, 6.45) is 0. The zero-order valence-corrected chi connectivity index (χ0v) is 10.3. The maximum atomic E-state index is 3.52. The van der Waals surface area contributed by atoms with E-state index in [2.05, 4.69) is 69.1 Å². The summed E-state index contributed by atoms with van der Waals surface area (Å²) in [6, 6.07) is 6.25. The highest BCUT2D eigenvalue weighted by Crippen LogP contribution is 2.22. The van der Waals surface area contributed by atoms with Crippen LogP contribution in [0.2, 0.25) is 0 Å². The molecule has 0 aromatic heterocycles. The second-order valence-electron chi connectivity index (χ2n) is 2.97. The van der Waals surface area contributed by atoms with Crippen LogP contribution in [-0.2, 0) is 6.54 Å². The van der Waals surface area contributed by atoms with E-state index in [9.17, 15) is 0 Å². The Labute approximate surface area is 90.0 Å². The van der Waals surface area contributed by atoms with Gasteiger partial charge in [0.2, 0.25) is 0 Å². The fourth-order valence-electron chi connectivity index (χ4n) is 0.991. The molecule has 3 heteroatoms. The minimum atomic E-state index is 0.966. The first-order chi connectivity index (χ1) is 5.59. The minimum Gasteiger partial charge on any atom is -0.305 e. The molecule has 1 aromatic rings.